The van der Waals surface area contributed by atoms with Crippen LogP contribution in [0.5, 0.6) is 0 Å². The zero-order chi connectivity index (χ0) is 22.0. The van der Waals surface area contributed by atoms with Crippen LogP contribution in [0.2, 0.25) is 0 Å². The number of benzene rings is 2. The number of anilines is 1. The monoisotopic (exact) mass is 437 g/mol. The summed E-state index contributed by atoms with van der Waals surface area (Å²) >= 11 is 1.38. The summed E-state index contributed by atoms with van der Waals surface area (Å²) in [7, 11) is 0. The molecule has 2 aliphatic rings. The van der Waals surface area contributed by atoms with Crippen LogP contribution in [-0.2, 0) is 23.9 Å². The number of hydrogen-bond donors (Lipinski definition) is 1. The third kappa shape index (κ3) is 4.71. The first-order chi connectivity index (χ1) is 14.9. The molecule has 1 saturated carbocycles. The van der Waals surface area contributed by atoms with Crippen molar-refractivity contribution < 1.29 is 23.9 Å². The summed E-state index contributed by atoms with van der Waals surface area (Å²) in [6.07, 6.45) is 0.562. The molecule has 0 aromatic heterocycles. The fourth-order valence-corrected chi connectivity index (χ4v) is 5.30. The van der Waals surface area contributed by atoms with Crippen LogP contribution in [0.1, 0.15) is 43.2 Å². The Hall–Kier alpha value is -2.93. The Kier molecular flexibility index (Phi) is 6.23. The van der Waals surface area contributed by atoms with E-state index in [1.54, 1.807) is 0 Å². The molecule has 0 heterocycles. The van der Waals surface area contributed by atoms with E-state index >= 15 is 0 Å². The third-order valence-electron chi connectivity index (χ3n) is 5.58. The SMILES string of the molecule is CC(=O)OCC1c2ccccc2-c2ccc(NC(=O)CCSC3CC(=O)CC3=O)cc21. The average Bonchev–Trinajstić information content (AvgIpc) is 3.22. The molecule has 2 atom stereocenters. The van der Waals surface area contributed by atoms with Crippen LogP contribution in [-0.4, -0.2) is 41.1 Å². The number of rotatable bonds is 7. The van der Waals surface area contributed by atoms with Crippen LogP contribution in [0.4, 0.5) is 5.69 Å². The van der Waals surface area contributed by atoms with E-state index in [4.69, 9.17) is 4.74 Å². The summed E-state index contributed by atoms with van der Waals surface area (Å²) in [5, 5.41) is 2.61. The second-order valence-electron chi connectivity index (χ2n) is 7.79. The topological polar surface area (TPSA) is 89.5 Å². The molecule has 6 nitrogen and oxygen atoms in total. The van der Waals surface area contributed by atoms with E-state index in [1.165, 1.54) is 18.7 Å². The Balaban J connectivity index is 1.41. The molecule has 2 aromatic carbocycles. The smallest absolute Gasteiger partial charge is 0.302 e. The lowest BCUT2D eigenvalue weighted by molar-refractivity contribution is -0.141. The molecule has 0 aliphatic heterocycles. The molecule has 7 heteroatoms. The zero-order valence-corrected chi connectivity index (χ0v) is 18.0. The van der Waals surface area contributed by atoms with E-state index in [-0.39, 0.29) is 60.5 Å². The molecule has 160 valence electrons. The van der Waals surface area contributed by atoms with Gasteiger partial charge >= 0.3 is 5.97 Å². The van der Waals surface area contributed by atoms with Crippen molar-refractivity contribution in [2.45, 2.75) is 37.4 Å². The Morgan fingerprint density at radius 3 is 2.61 bits per heavy atom. The van der Waals surface area contributed by atoms with Crippen molar-refractivity contribution in [3.05, 3.63) is 53.6 Å². The minimum Gasteiger partial charge on any atom is -0.465 e. The molecular formula is C24H23NO5S. The highest BCUT2D eigenvalue weighted by Crippen LogP contribution is 2.45. The summed E-state index contributed by atoms with van der Waals surface area (Å²) < 4.78 is 5.30. The number of Topliss-reactive ketones (excluding diaryl/α,β-unsaturated/α-hetero) is 2. The molecule has 2 unspecified atom stereocenters. The number of carbonyl (C=O) groups excluding carboxylic acids is 4. The first kappa shape index (κ1) is 21.3. The third-order valence-corrected chi connectivity index (χ3v) is 6.85. The Bertz CT molecular complexity index is 1060. The van der Waals surface area contributed by atoms with Crippen molar-refractivity contribution in [1.29, 1.82) is 0 Å². The van der Waals surface area contributed by atoms with Gasteiger partial charge in [-0.3, -0.25) is 19.2 Å². The van der Waals surface area contributed by atoms with E-state index in [9.17, 15) is 19.2 Å². The molecule has 31 heavy (non-hydrogen) atoms. The number of carbonyl (C=O) groups is 4. The molecule has 2 aromatic rings. The predicted octanol–water partition coefficient (Wildman–Crippen LogP) is 3.72. The lowest BCUT2D eigenvalue weighted by Gasteiger charge is -2.14. The number of hydrogen-bond acceptors (Lipinski definition) is 6. The summed E-state index contributed by atoms with van der Waals surface area (Å²) in [5.74, 6) is -0.108. The van der Waals surface area contributed by atoms with Crippen molar-refractivity contribution in [2.24, 2.45) is 0 Å². The summed E-state index contributed by atoms with van der Waals surface area (Å²) in [5.41, 5.74) is 4.99. The second kappa shape index (κ2) is 9.06. The average molecular weight is 438 g/mol. The van der Waals surface area contributed by atoms with E-state index in [2.05, 4.69) is 5.32 Å². The van der Waals surface area contributed by atoms with E-state index < -0.39 is 0 Å². The molecule has 0 saturated heterocycles. The van der Waals surface area contributed by atoms with Crippen LogP contribution in [0, 0.1) is 0 Å². The second-order valence-corrected chi connectivity index (χ2v) is 9.10. The highest BCUT2D eigenvalue weighted by atomic mass is 32.2. The van der Waals surface area contributed by atoms with Gasteiger partial charge in [0.15, 0.2) is 5.78 Å². The van der Waals surface area contributed by atoms with Crippen LogP contribution < -0.4 is 5.32 Å². The maximum absolute atomic E-state index is 12.4. The van der Waals surface area contributed by atoms with Crippen molar-refractivity contribution >= 4 is 40.9 Å². The van der Waals surface area contributed by atoms with Gasteiger partial charge in [0, 0.05) is 37.1 Å². The number of amides is 1. The van der Waals surface area contributed by atoms with Gasteiger partial charge in [-0.25, -0.2) is 0 Å². The fraction of sp³-hybridized carbons (Fsp3) is 0.333. The number of thioether (sulfide) groups is 1. The summed E-state index contributed by atoms with van der Waals surface area (Å²) in [4.78, 5) is 46.8. The normalized spacial score (nSPS) is 19.1. The minimum atomic E-state index is -0.324. The standard InChI is InChI=1S/C24H23NO5S/c1-14(26)30-13-21-18-5-3-2-4-17(18)19-7-6-15(10-20(19)21)25-24(29)8-9-31-23-12-16(27)11-22(23)28/h2-7,10,21,23H,8-9,11-13H2,1H3,(H,25,29). The van der Waals surface area contributed by atoms with Gasteiger partial charge in [-0.2, -0.15) is 0 Å². The Morgan fingerprint density at radius 2 is 1.87 bits per heavy atom. The molecule has 1 amide bonds. The maximum atomic E-state index is 12.4. The van der Waals surface area contributed by atoms with Crippen molar-refractivity contribution in [3.8, 4) is 11.1 Å². The quantitative estimate of drug-likeness (QED) is 0.525. The lowest BCUT2D eigenvalue weighted by atomic mass is 9.97. The van der Waals surface area contributed by atoms with Gasteiger partial charge in [-0.1, -0.05) is 30.3 Å². The number of ether oxygens (including phenoxy) is 1. The first-order valence-electron chi connectivity index (χ1n) is 10.2. The van der Waals surface area contributed by atoms with Crippen LogP contribution in [0.25, 0.3) is 11.1 Å². The summed E-state index contributed by atoms with van der Waals surface area (Å²) in [6, 6.07) is 13.8. The number of ketones is 2. The van der Waals surface area contributed by atoms with Crippen LogP contribution in [0.3, 0.4) is 0 Å². The van der Waals surface area contributed by atoms with Gasteiger partial charge in [-0.15, -0.1) is 11.8 Å². The van der Waals surface area contributed by atoms with Crippen LogP contribution >= 0.6 is 11.8 Å². The lowest BCUT2D eigenvalue weighted by Crippen LogP contribution is -2.15. The maximum Gasteiger partial charge on any atom is 0.302 e. The molecule has 0 bridgehead atoms. The van der Waals surface area contributed by atoms with E-state index in [1.807, 2.05) is 42.5 Å². The van der Waals surface area contributed by atoms with Gasteiger partial charge in [0.05, 0.1) is 11.7 Å². The highest BCUT2D eigenvalue weighted by Gasteiger charge is 2.31. The summed E-state index contributed by atoms with van der Waals surface area (Å²) in [6.45, 7) is 1.65. The Morgan fingerprint density at radius 1 is 1.10 bits per heavy atom. The van der Waals surface area contributed by atoms with Crippen molar-refractivity contribution in [1.82, 2.24) is 0 Å². The molecule has 1 fully saturated rings. The molecular weight excluding hydrogens is 414 g/mol. The van der Waals surface area contributed by atoms with Crippen molar-refractivity contribution in [3.63, 3.8) is 0 Å². The first-order valence-corrected chi connectivity index (χ1v) is 11.3. The molecule has 1 N–H and O–H groups in total. The number of esters is 1. The Labute approximate surface area is 184 Å². The highest BCUT2D eigenvalue weighted by molar-refractivity contribution is 8.00. The van der Waals surface area contributed by atoms with E-state index in [0.717, 1.165) is 22.3 Å². The van der Waals surface area contributed by atoms with Crippen molar-refractivity contribution in [2.75, 3.05) is 17.7 Å². The van der Waals surface area contributed by atoms with Gasteiger partial charge in [0.2, 0.25) is 5.91 Å². The van der Waals surface area contributed by atoms with Gasteiger partial charge in [0.1, 0.15) is 12.4 Å². The fourth-order valence-electron chi connectivity index (χ4n) is 4.14. The van der Waals surface area contributed by atoms with Gasteiger partial charge in [0.25, 0.3) is 0 Å². The predicted molar refractivity (Wildman–Crippen MR) is 119 cm³/mol. The van der Waals surface area contributed by atoms with Crippen LogP contribution in [0.15, 0.2) is 42.5 Å². The minimum absolute atomic E-state index is 0.0191. The number of fused-ring (bicyclic) bond motifs is 3. The zero-order valence-electron chi connectivity index (χ0n) is 17.2. The number of nitrogens with one attached hydrogen (secondary N) is 1. The molecule has 4 rings (SSSR count). The van der Waals surface area contributed by atoms with E-state index in [0.29, 0.717) is 11.4 Å². The van der Waals surface area contributed by atoms with Gasteiger partial charge < -0.3 is 10.1 Å². The van der Waals surface area contributed by atoms with Gasteiger partial charge in [-0.05, 0) is 34.4 Å². The largest absolute Gasteiger partial charge is 0.465 e. The molecule has 2 aliphatic carbocycles. The molecule has 0 spiro atoms. The molecule has 0 radical (unpaired) electrons.